The van der Waals surface area contributed by atoms with Crippen LogP contribution in [0.1, 0.15) is 25.5 Å². The van der Waals surface area contributed by atoms with E-state index in [1.807, 2.05) is 4.57 Å². The molecule has 2 unspecified atom stereocenters. The van der Waals surface area contributed by atoms with Gasteiger partial charge in [-0.2, -0.15) is 0 Å². The van der Waals surface area contributed by atoms with Crippen LogP contribution in [0.5, 0.6) is 0 Å². The Morgan fingerprint density at radius 2 is 2.28 bits per heavy atom. The fourth-order valence-electron chi connectivity index (χ4n) is 2.25. The SMILES string of the molecule is OCC1CCCC(n2cnc3c(Cl)ncnc32)O1. The number of halogens is 1. The van der Waals surface area contributed by atoms with Gasteiger partial charge in [0.05, 0.1) is 19.0 Å². The van der Waals surface area contributed by atoms with Crippen LogP contribution < -0.4 is 0 Å². The van der Waals surface area contributed by atoms with Crippen molar-refractivity contribution in [1.82, 2.24) is 19.5 Å². The number of aliphatic hydroxyl groups excluding tert-OH is 1. The Labute approximate surface area is 109 Å². The van der Waals surface area contributed by atoms with Crippen LogP contribution in [0.2, 0.25) is 5.15 Å². The maximum absolute atomic E-state index is 9.17. The van der Waals surface area contributed by atoms with E-state index in [-0.39, 0.29) is 18.9 Å². The molecule has 2 aromatic rings. The Hall–Kier alpha value is -1.24. The van der Waals surface area contributed by atoms with Gasteiger partial charge < -0.3 is 9.84 Å². The number of hydrogen-bond donors (Lipinski definition) is 1. The molecule has 1 aliphatic rings. The molecule has 1 N–H and O–H groups in total. The summed E-state index contributed by atoms with van der Waals surface area (Å²) >= 11 is 5.96. The zero-order valence-electron chi connectivity index (χ0n) is 9.66. The molecular formula is C11H13ClN4O2. The second-order valence-corrected chi connectivity index (χ2v) is 4.67. The number of fused-ring (bicyclic) bond motifs is 1. The molecule has 0 bridgehead atoms. The second-order valence-electron chi connectivity index (χ2n) is 4.31. The molecule has 1 fully saturated rings. The molecule has 1 saturated heterocycles. The van der Waals surface area contributed by atoms with Crippen molar-refractivity contribution in [3.05, 3.63) is 17.8 Å². The lowest BCUT2D eigenvalue weighted by molar-refractivity contribution is -0.105. The largest absolute Gasteiger partial charge is 0.394 e. The van der Waals surface area contributed by atoms with Crippen molar-refractivity contribution in [2.75, 3.05) is 6.61 Å². The lowest BCUT2D eigenvalue weighted by atomic mass is 10.1. The quantitative estimate of drug-likeness (QED) is 0.837. The standard InChI is InChI=1S/C11H13ClN4O2/c12-10-9-11(14-5-13-10)16(6-15-9)8-3-1-2-7(4-17)18-8/h5-8,17H,1-4H2. The smallest absolute Gasteiger partial charge is 0.166 e. The summed E-state index contributed by atoms with van der Waals surface area (Å²) < 4.78 is 7.65. The minimum atomic E-state index is -0.146. The molecule has 0 radical (unpaired) electrons. The highest BCUT2D eigenvalue weighted by atomic mass is 35.5. The van der Waals surface area contributed by atoms with Gasteiger partial charge >= 0.3 is 0 Å². The third-order valence-electron chi connectivity index (χ3n) is 3.15. The minimum absolute atomic E-state index is 0.0405. The summed E-state index contributed by atoms with van der Waals surface area (Å²) in [7, 11) is 0. The molecule has 2 aromatic heterocycles. The van der Waals surface area contributed by atoms with Gasteiger partial charge in [0.1, 0.15) is 18.1 Å². The monoisotopic (exact) mass is 268 g/mol. The number of aromatic nitrogens is 4. The molecule has 0 aromatic carbocycles. The molecule has 7 heteroatoms. The molecule has 0 amide bonds. The molecule has 3 rings (SSSR count). The highest BCUT2D eigenvalue weighted by molar-refractivity contribution is 6.33. The van der Waals surface area contributed by atoms with Crippen molar-refractivity contribution in [1.29, 1.82) is 0 Å². The van der Waals surface area contributed by atoms with E-state index in [0.29, 0.717) is 16.3 Å². The van der Waals surface area contributed by atoms with Crippen molar-refractivity contribution >= 4 is 22.8 Å². The molecule has 1 aliphatic heterocycles. The van der Waals surface area contributed by atoms with Gasteiger partial charge in [-0.3, -0.25) is 4.57 Å². The van der Waals surface area contributed by atoms with Crippen LogP contribution in [-0.4, -0.2) is 37.3 Å². The lowest BCUT2D eigenvalue weighted by Crippen LogP contribution is -2.28. The van der Waals surface area contributed by atoms with Crippen LogP contribution >= 0.6 is 11.6 Å². The summed E-state index contributed by atoms with van der Waals surface area (Å²) in [6.45, 7) is 0.0405. The number of aliphatic hydroxyl groups is 1. The summed E-state index contributed by atoms with van der Waals surface area (Å²) in [5, 5.41) is 9.51. The van der Waals surface area contributed by atoms with Crippen molar-refractivity contribution in [3.8, 4) is 0 Å². The Kier molecular flexibility index (Phi) is 3.15. The molecule has 18 heavy (non-hydrogen) atoms. The summed E-state index contributed by atoms with van der Waals surface area (Å²) in [5.74, 6) is 0. The van der Waals surface area contributed by atoms with Crippen LogP contribution in [0.4, 0.5) is 0 Å². The van der Waals surface area contributed by atoms with E-state index in [4.69, 9.17) is 21.4 Å². The third-order valence-corrected chi connectivity index (χ3v) is 3.43. The van der Waals surface area contributed by atoms with Crippen LogP contribution in [0.3, 0.4) is 0 Å². The van der Waals surface area contributed by atoms with Gasteiger partial charge in [-0.1, -0.05) is 11.6 Å². The van der Waals surface area contributed by atoms with E-state index in [9.17, 15) is 0 Å². The molecule has 0 aliphatic carbocycles. The number of rotatable bonds is 2. The van der Waals surface area contributed by atoms with E-state index in [2.05, 4.69) is 15.0 Å². The topological polar surface area (TPSA) is 73.1 Å². The first-order valence-electron chi connectivity index (χ1n) is 5.89. The summed E-state index contributed by atoms with van der Waals surface area (Å²) in [4.78, 5) is 12.3. The van der Waals surface area contributed by atoms with Gasteiger partial charge in [0.2, 0.25) is 0 Å². The zero-order chi connectivity index (χ0) is 12.5. The van der Waals surface area contributed by atoms with Crippen molar-refractivity contribution in [2.45, 2.75) is 31.6 Å². The summed E-state index contributed by atoms with van der Waals surface area (Å²) in [6, 6.07) is 0. The second kappa shape index (κ2) is 4.79. The normalized spacial score (nSPS) is 24.6. The molecular weight excluding hydrogens is 256 g/mol. The predicted octanol–water partition coefficient (Wildman–Crippen LogP) is 1.54. The van der Waals surface area contributed by atoms with Crippen LogP contribution in [0.15, 0.2) is 12.7 Å². The third kappa shape index (κ3) is 1.96. The summed E-state index contributed by atoms with van der Waals surface area (Å²) in [6.07, 6.45) is 5.59. The first-order valence-corrected chi connectivity index (χ1v) is 6.26. The Morgan fingerprint density at radius 1 is 1.39 bits per heavy atom. The fourth-order valence-corrected chi connectivity index (χ4v) is 2.43. The van der Waals surface area contributed by atoms with Crippen molar-refractivity contribution in [2.24, 2.45) is 0 Å². The average molecular weight is 269 g/mol. The predicted molar refractivity (Wildman–Crippen MR) is 65.2 cm³/mol. The van der Waals surface area contributed by atoms with Crippen molar-refractivity contribution < 1.29 is 9.84 Å². The van der Waals surface area contributed by atoms with E-state index in [1.165, 1.54) is 6.33 Å². The fraction of sp³-hybridized carbons (Fsp3) is 0.545. The minimum Gasteiger partial charge on any atom is -0.394 e. The molecule has 96 valence electrons. The highest BCUT2D eigenvalue weighted by Gasteiger charge is 2.25. The molecule has 3 heterocycles. The number of imidazole rings is 1. The Bertz CT molecular complexity index is 559. The van der Waals surface area contributed by atoms with E-state index in [1.54, 1.807) is 6.33 Å². The molecule has 2 atom stereocenters. The maximum atomic E-state index is 9.17. The van der Waals surface area contributed by atoms with Gasteiger partial charge in [-0.05, 0) is 19.3 Å². The van der Waals surface area contributed by atoms with Crippen LogP contribution in [-0.2, 0) is 4.74 Å². The van der Waals surface area contributed by atoms with Crippen molar-refractivity contribution in [3.63, 3.8) is 0 Å². The maximum Gasteiger partial charge on any atom is 0.166 e. The molecule has 0 spiro atoms. The lowest BCUT2D eigenvalue weighted by Gasteiger charge is -2.29. The average Bonchev–Trinajstić information content (AvgIpc) is 2.84. The van der Waals surface area contributed by atoms with Gasteiger partial charge in [0.15, 0.2) is 10.8 Å². The van der Waals surface area contributed by atoms with Crippen LogP contribution in [0.25, 0.3) is 11.2 Å². The first-order chi connectivity index (χ1) is 8.79. The summed E-state index contributed by atoms with van der Waals surface area (Å²) in [5.41, 5.74) is 1.24. The molecule has 6 nitrogen and oxygen atoms in total. The van der Waals surface area contributed by atoms with E-state index >= 15 is 0 Å². The Morgan fingerprint density at radius 3 is 3.11 bits per heavy atom. The number of hydrogen-bond acceptors (Lipinski definition) is 5. The Balaban J connectivity index is 1.96. The molecule has 0 saturated carbocycles. The zero-order valence-corrected chi connectivity index (χ0v) is 10.4. The highest BCUT2D eigenvalue weighted by Crippen LogP contribution is 2.29. The van der Waals surface area contributed by atoms with Gasteiger partial charge in [-0.15, -0.1) is 0 Å². The van der Waals surface area contributed by atoms with E-state index < -0.39 is 0 Å². The van der Waals surface area contributed by atoms with E-state index in [0.717, 1.165) is 19.3 Å². The van der Waals surface area contributed by atoms with Gasteiger partial charge in [0, 0.05) is 0 Å². The number of nitrogens with zero attached hydrogens (tertiary/aromatic N) is 4. The van der Waals surface area contributed by atoms with Gasteiger partial charge in [-0.25, -0.2) is 15.0 Å². The number of ether oxygens (including phenoxy) is 1. The van der Waals surface area contributed by atoms with Crippen LogP contribution in [0, 0.1) is 0 Å². The first kappa shape index (κ1) is 11.8. The van der Waals surface area contributed by atoms with Gasteiger partial charge in [0.25, 0.3) is 0 Å².